The molecule has 5 nitrogen and oxygen atoms in total. The van der Waals surface area contributed by atoms with Crippen molar-refractivity contribution in [2.45, 2.75) is 124 Å². The molecule has 3 aromatic carbocycles. The van der Waals surface area contributed by atoms with E-state index in [1.54, 1.807) is 7.11 Å². The molecule has 3 atom stereocenters. The van der Waals surface area contributed by atoms with Crippen molar-refractivity contribution in [1.29, 1.82) is 0 Å². The van der Waals surface area contributed by atoms with Crippen molar-refractivity contribution in [3.63, 3.8) is 0 Å². The predicted molar refractivity (Wildman–Crippen MR) is 222 cm³/mol. The van der Waals surface area contributed by atoms with Crippen molar-refractivity contribution in [3.05, 3.63) is 96.6 Å². The fourth-order valence-corrected chi connectivity index (χ4v) is 12.5. The molecule has 0 spiro atoms. The molecule has 0 aromatic heterocycles. The van der Waals surface area contributed by atoms with Crippen LogP contribution in [0.5, 0.6) is 0 Å². The first-order valence-electron chi connectivity index (χ1n) is 19.0. The van der Waals surface area contributed by atoms with Crippen LogP contribution in [-0.2, 0) is 29.7 Å². The van der Waals surface area contributed by atoms with Crippen LogP contribution in [0.15, 0.2) is 91.0 Å². The number of benzene rings is 3. The van der Waals surface area contributed by atoms with Crippen LogP contribution in [-0.4, -0.2) is 54.9 Å². The number of ketones is 1. The van der Waals surface area contributed by atoms with Gasteiger partial charge in [0.15, 0.2) is 8.32 Å². The SMILES string of the molecule is CC[C@H](C#CC(=O)C[C@H](C[C@H](O[Si](C)(C)C(C)(C)C)C(C)(C)CO[Si](c1ccccc1)(c1ccccc1)C(C)(C)C)OC)COCc1ccccc1. The maximum Gasteiger partial charge on any atom is 0.261 e. The van der Waals surface area contributed by atoms with Gasteiger partial charge in [-0.25, -0.2) is 0 Å². The van der Waals surface area contributed by atoms with Gasteiger partial charge in [0.1, 0.15) is 0 Å². The first-order valence-corrected chi connectivity index (χ1v) is 23.8. The van der Waals surface area contributed by atoms with Crippen LogP contribution in [0.3, 0.4) is 0 Å². The summed E-state index contributed by atoms with van der Waals surface area (Å²) in [5.41, 5.74) is 0.719. The Kier molecular flexibility index (Phi) is 15.9. The number of carbonyl (C=O) groups excluding carboxylic acids is 1. The van der Waals surface area contributed by atoms with Crippen molar-refractivity contribution >= 4 is 32.8 Å². The molecule has 7 heteroatoms. The smallest absolute Gasteiger partial charge is 0.261 e. The van der Waals surface area contributed by atoms with Crippen LogP contribution < -0.4 is 10.4 Å². The molecule has 3 aromatic rings. The second kappa shape index (κ2) is 19.0. The first kappa shape index (κ1) is 43.6. The summed E-state index contributed by atoms with van der Waals surface area (Å²) in [5, 5.41) is 2.36. The second-order valence-corrected chi connectivity index (χ2v) is 26.5. The molecule has 0 radical (unpaired) electrons. The van der Waals surface area contributed by atoms with E-state index < -0.39 is 22.0 Å². The van der Waals surface area contributed by atoms with Crippen LogP contribution in [0.1, 0.15) is 87.1 Å². The van der Waals surface area contributed by atoms with E-state index in [4.69, 9.17) is 18.3 Å². The molecule has 0 fully saturated rings. The maximum absolute atomic E-state index is 13.3. The summed E-state index contributed by atoms with van der Waals surface area (Å²) >= 11 is 0. The van der Waals surface area contributed by atoms with Crippen molar-refractivity contribution in [3.8, 4) is 11.8 Å². The summed E-state index contributed by atoms with van der Waals surface area (Å²) in [6, 6.07) is 31.6. The normalized spacial score (nSPS) is 14.6. The highest BCUT2D eigenvalue weighted by Crippen LogP contribution is 2.43. The number of rotatable bonds is 18. The van der Waals surface area contributed by atoms with E-state index in [1.807, 2.05) is 30.3 Å². The van der Waals surface area contributed by atoms with Gasteiger partial charge in [-0.15, -0.1) is 0 Å². The molecule has 0 unspecified atom stereocenters. The molecule has 3 rings (SSSR count). The van der Waals surface area contributed by atoms with Gasteiger partial charge in [-0.3, -0.25) is 4.79 Å². The highest BCUT2D eigenvalue weighted by molar-refractivity contribution is 6.99. The molecule has 0 heterocycles. The summed E-state index contributed by atoms with van der Waals surface area (Å²) in [5.74, 6) is 5.98. The number of carbonyl (C=O) groups is 1. The monoisotopic (exact) mass is 742 g/mol. The second-order valence-electron chi connectivity index (χ2n) is 17.4. The third-order valence-corrected chi connectivity index (χ3v) is 20.2. The Morgan fingerprint density at radius 1 is 0.769 bits per heavy atom. The summed E-state index contributed by atoms with van der Waals surface area (Å²) in [6.45, 7) is 26.4. The van der Waals surface area contributed by atoms with Gasteiger partial charge in [0.25, 0.3) is 8.32 Å². The Hall–Kier alpha value is -2.84. The largest absolute Gasteiger partial charge is 0.413 e. The number of hydrogen-bond donors (Lipinski definition) is 0. The molecular formula is C45H66O5Si2. The summed E-state index contributed by atoms with van der Waals surface area (Å²) in [7, 11) is -3.34. The van der Waals surface area contributed by atoms with Gasteiger partial charge >= 0.3 is 0 Å². The third-order valence-electron chi connectivity index (χ3n) is 10.8. The Morgan fingerprint density at radius 3 is 1.75 bits per heavy atom. The third kappa shape index (κ3) is 11.8. The minimum Gasteiger partial charge on any atom is -0.413 e. The van der Waals surface area contributed by atoms with E-state index in [0.717, 1.165) is 12.0 Å². The van der Waals surface area contributed by atoms with E-state index in [9.17, 15) is 4.79 Å². The molecule has 0 N–H and O–H groups in total. The Morgan fingerprint density at radius 2 is 1.29 bits per heavy atom. The van der Waals surface area contributed by atoms with Crippen LogP contribution in [0.2, 0.25) is 23.2 Å². The van der Waals surface area contributed by atoms with Gasteiger partial charge in [0, 0.05) is 31.5 Å². The van der Waals surface area contributed by atoms with Crippen molar-refractivity contribution in [2.75, 3.05) is 20.3 Å². The molecule has 0 aliphatic rings. The zero-order valence-electron chi connectivity index (χ0n) is 34.2. The molecule has 0 aliphatic heterocycles. The van der Waals surface area contributed by atoms with Gasteiger partial charge < -0.3 is 18.3 Å². The molecule has 0 amide bonds. The van der Waals surface area contributed by atoms with Gasteiger partial charge in [0.05, 0.1) is 25.4 Å². The maximum atomic E-state index is 13.3. The van der Waals surface area contributed by atoms with Gasteiger partial charge in [-0.05, 0) is 57.9 Å². The molecule has 0 aliphatic carbocycles. The zero-order chi connectivity index (χ0) is 38.6. The topological polar surface area (TPSA) is 54.0 Å². The van der Waals surface area contributed by atoms with E-state index in [2.05, 4.69) is 148 Å². The molecule has 52 heavy (non-hydrogen) atoms. The van der Waals surface area contributed by atoms with Crippen molar-refractivity contribution < 1.29 is 23.1 Å². The Labute approximate surface area is 318 Å². The van der Waals surface area contributed by atoms with Gasteiger partial charge in [0.2, 0.25) is 5.78 Å². The van der Waals surface area contributed by atoms with E-state index in [-0.39, 0.29) is 40.4 Å². The molecule has 284 valence electrons. The quantitative estimate of drug-likeness (QED) is 0.0739. The molecule has 0 saturated heterocycles. The van der Waals surface area contributed by atoms with E-state index >= 15 is 0 Å². The minimum absolute atomic E-state index is 0.00178. The number of Topliss-reactive ketones (excluding diaryl/α,β-unsaturated/α-hetero) is 1. The highest BCUT2D eigenvalue weighted by Gasteiger charge is 2.52. The predicted octanol–water partition coefficient (Wildman–Crippen LogP) is 9.59. The first-order chi connectivity index (χ1) is 24.4. The van der Waals surface area contributed by atoms with Gasteiger partial charge in [-0.2, -0.15) is 0 Å². The number of hydrogen-bond acceptors (Lipinski definition) is 5. The average Bonchev–Trinajstić information content (AvgIpc) is 3.09. The molecular weight excluding hydrogens is 677 g/mol. The van der Waals surface area contributed by atoms with Crippen molar-refractivity contribution in [2.24, 2.45) is 11.3 Å². The van der Waals surface area contributed by atoms with Crippen LogP contribution in [0.25, 0.3) is 0 Å². The average molecular weight is 743 g/mol. The minimum atomic E-state index is -2.79. The highest BCUT2D eigenvalue weighted by atomic mass is 28.4. The lowest BCUT2D eigenvalue weighted by atomic mass is 9.84. The standard InChI is InChI=1S/C45H66O5Si2/c1-13-36(33-48-34-37-23-17-14-18-24-37)29-30-38(46)31-39(47-10)32-42(50-51(11,12)43(2,3)4)45(8,9)35-49-52(44(5,6)7,40-25-19-15-20-26-40)41-27-21-16-22-28-41/h14-28,36,39,42H,13,31-35H2,1-12H3/t36-,39-,42+/m1/s1. The summed E-state index contributed by atoms with van der Waals surface area (Å²) in [4.78, 5) is 13.3. The lowest BCUT2D eigenvalue weighted by Gasteiger charge is -2.48. The Bertz CT molecular complexity index is 1520. The molecule has 0 saturated carbocycles. The number of ether oxygens (including phenoxy) is 2. The van der Waals surface area contributed by atoms with E-state index in [1.165, 1.54) is 10.4 Å². The van der Waals surface area contributed by atoms with Crippen LogP contribution >= 0.6 is 0 Å². The van der Waals surface area contributed by atoms with Crippen LogP contribution in [0, 0.1) is 23.2 Å². The van der Waals surface area contributed by atoms with Crippen molar-refractivity contribution in [1.82, 2.24) is 0 Å². The summed E-state index contributed by atoms with van der Waals surface area (Å²) < 4.78 is 26.7. The van der Waals surface area contributed by atoms with Crippen LogP contribution in [0.4, 0.5) is 0 Å². The fourth-order valence-electron chi connectivity index (χ4n) is 6.30. The number of methoxy groups -OCH3 is 1. The Balaban J connectivity index is 1.87. The lowest BCUT2D eigenvalue weighted by Crippen LogP contribution is -2.67. The van der Waals surface area contributed by atoms with Gasteiger partial charge in [-0.1, -0.05) is 159 Å². The zero-order valence-corrected chi connectivity index (χ0v) is 36.2. The molecule has 0 bridgehead atoms. The summed E-state index contributed by atoms with van der Waals surface area (Å²) in [6.07, 6.45) is 1.01. The fraction of sp³-hybridized carbons (Fsp3) is 0.533. The van der Waals surface area contributed by atoms with E-state index in [0.29, 0.717) is 26.2 Å². The lowest BCUT2D eigenvalue weighted by molar-refractivity contribution is -0.117.